The van der Waals surface area contributed by atoms with E-state index in [0.717, 1.165) is 11.1 Å². The van der Waals surface area contributed by atoms with Crippen LogP contribution in [-0.4, -0.2) is 29.3 Å². The lowest BCUT2D eigenvalue weighted by atomic mass is 10.1. The molecule has 2 rings (SSSR count). The topological polar surface area (TPSA) is 63.4 Å². The number of imide groups is 1. The number of benzene rings is 1. The van der Waals surface area contributed by atoms with Crippen LogP contribution in [0.3, 0.4) is 0 Å². The Labute approximate surface area is 100 Å². The van der Waals surface area contributed by atoms with Crippen molar-refractivity contribution in [2.24, 2.45) is 5.73 Å². The SMILES string of the molecule is Cc1ccc(C(=O)N2CC(N)CC2=O)cc1C. The average molecular weight is 232 g/mol. The van der Waals surface area contributed by atoms with Gasteiger partial charge in [-0.2, -0.15) is 0 Å². The molecular formula is C13H16N2O2. The molecular weight excluding hydrogens is 216 g/mol. The van der Waals surface area contributed by atoms with Gasteiger partial charge in [0.1, 0.15) is 0 Å². The monoisotopic (exact) mass is 232 g/mol. The van der Waals surface area contributed by atoms with Gasteiger partial charge in [-0.05, 0) is 37.1 Å². The van der Waals surface area contributed by atoms with E-state index in [1.807, 2.05) is 26.0 Å². The first-order chi connectivity index (χ1) is 7.99. The number of nitrogens with zero attached hydrogens (tertiary/aromatic N) is 1. The highest BCUT2D eigenvalue weighted by molar-refractivity contribution is 6.06. The summed E-state index contributed by atoms with van der Waals surface area (Å²) >= 11 is 0. The van der Waals surface area contributed by atoms with Gasteiger partial charge < -0.3 is 5.73 Å². The maximum atomic E-state index is 12.1. The third kappa shape index (κ3) is 2.22. The summed E-state index contributed by atoms with van der Waals surface area (Å²) in [5.74, 6) is -0.424. The van der Waals surface area contributed by atoms with E-state index < -0.39 is 0 Å². The van der Waals surface area contributed by atoms with E-state index in [1.165, 1.54) is 4.90 Å². The second-order valence-electron chi connectivity index (χ2n) is 4.57. The fraction of sp³-hybridized carbons (Fsp3) is 0.385. The fourth-order valence-electron chi connectivity index (χ4n) is 1.96. The highest BCUT2D eigenvalue weighted by atomic mass is 16.2. The van der Waals surface area contributed by atoms with Crippen molar-refractivity contribution in [1.82, 2.24) is 4.90 Å². The van der Waals surface area contributed by atoms with Gasteiger partial charge >= 0.3 is 0 Å². The molecule has 1 saturated heterocycles. The highest BCUT2D eigenvalue weighted by Gasteiger charge is 2.32. The Morgan fingerprint density at radius 2 is 2.06 bits per heavy atom. The van der Waals surface area contributed by atoms with E-state index in [0.29, 0.717) is 12.1 Å². The van der Waals surface area contributed by atoms with Crippen LogP contribution in [0.1, 0.15) is 27.9 Å². The van der Waals surface area contributed by atoms with Gasteiger partial charge in [-0.1, -0.05) is 6.07 Å². The summed E-state index contributed by atoms with van der Waals surface area (Å²) in [6.45, 7) is 4.26. The fourth-order valence-corrected chi connectivity index (χ4v) is 1.96. The summed E-state index contributed by atoms with van der Waals surface area (Å²) in [7, 11) is 0. The molecule has 0 bridgehead atoms. The molecule has 0 spiro atoms. The van der Waals surface area contributed by atoms with E-state index in [4.69, 9.17) is 5.73 Å². The van der Waals surface area contributed by atoms with Gasteiger partial charge in [0.05, 0.1) is 0 Å². The van der Waals surface area contributed by atoms with Crippen molar-refractivity contribution in [3.8, 4) is 0 Å². The Morgan fingerprint density at radius 3 is 2.59 bits per heavy atom. The summed E-state index contributed by atoms with van der Waals surface area (Å²) in [4.78, 5) is 24.9. The van der Waals surface area contributed by atoms with E-state index >= 15 is 0 Å². The molecule has 1 aromatic carbocycles. The van der Waals surface area contributed by atoms with Gasteiger partial charge in [-0.15, -0.1) is 0 Å². The molecule has 1 aliphatic rings. The number of carbonyl (C=O) groups excluding carboxylic acids is 2. The zero-order valence-corrected chi connectivity index (χ0v) is 10.1. The van der Waals surface area contributed by atoms with Crippen molar-refractivity contribution in [3.63, 3.8) is 0 Å². The summed E-state index contributed by atoms with van der Waals surface area (Å²) in [5.41, 5.74) is 8.40. The number of aryl methyl sites for hydroxylation is 2. The lowest BCUT2D eigenvalue weighted by Gasteiger charge is -2.14. The second kappa shape index (κ2) is 4.30. The lowest BCUT2D eigenvalue weighted by Crippen LogP contribution is -2.34. The molecule has 1 aliphatic heterocycles. The molecule has 1 heterocycles. The number of hydrogen-bond donors (Lipinski definition) is 1. The Hall–Kier alpha value is -1.68. The van der Waals surface area contributed by atoms with Crippen LogP contribution in [-0.2, 0) is 4.79 Å². The molecule has 2 amide bonds. The van der Waals surface area contributed by atoms with Crippen LogP contribution < -0.4 is 5.73 Å². The highest BCUT2D eigenvalue weighted by Crippen LogP contribution is 2.16. The van der Waals surface area contributed by atoms with E-state index in [2.05, 4.69) is 0 Å². The number of rotatable bonds is 1. The summed E-state index contributed by atoms with van der Waals surface area (Å²) < 4.78 is 0. The van der Waals surface area contributed by atoms with Gasteiger partial charge in [-0.25, -0.2) is 0 Å². The first-order valence-corrected chi connectivity index (χ1v) is 5.66. The number of hydrogen-bond acceptors (Lipinski definition) is 3. The van der Waals surface area contributed by atoms with E-state index in [-0.39, 0.29) is 24.3 Å². The Balaban J connectivity index is 2.25. The molecule has 4 nitrogen and oxygen atoms in total. The predicted molar refractivity (Wildman–Crippen MR) is 64.6 cm³/mol. The summed E-state index contributed by atoms with van der Waals surface area (Å²) in [6, 6.07) is 5.23. The summed E-state index contributed by atoms with van der Waals surface area (Å²) in [6.07, 6.45) is 0.260. The van der Waals surface area contributed by atoms with Crippen LogP contribution in [0.4, 0.5) is 0 Å². The number of nitrogens with two attached hydrogens (primary N) is 1. The van der Waals surface area contributed by atoms with Crippen molar-refractivity contribution < 1.29 is 9.59 Å². The normalized spacial score (nSPS) is 19.8. The molecule has 0 aliphatic carbocycles. The Morgan fingerprint density at radius 1 is 1.35 bits per heavy atom. The van der Waals surface area contributed by atoms with E-state index in [1.54, 1.807) is 6.07 Å². The van der Waals surface area contributed by atoms with Gasteiger partial charge in [0, 0.05) is 24.6 Å². The zero-order chi connectivity index (χ0) is 12.6. The predicted octanol–water partition coefficient (Wildman–Crippen LogP) is 1.00. The largest absolute Gasteiger partial charge is 0.326 e. The van der Waals surface area contributed by atoms with Crippen LogP contribution in [0.25, 0.3) is 0 Å². The molecule has 0 aromatic heterocycles. The lowest BCUT2D eigenvalue weighted by molar-refractivity contribution is -0.125. The Kier molecular flexibility index (Phi) is 2.98. The van der Waals surface area contributed by atoms with Crippen LogP contribution in [0.15, 0.2) is 18.2 Å². The molecule has 4 heteroatoms. The maximum Gasteiger partial charge on any atom is 0.260 e. The minimum absolute atomic E-state index is 0.180. The molecule has 90 valence electrons. The number of amides is 2. The van der Waals surface area contributed by atoms with Gasteiger partial charge in [0.15, 0.2) is 0 Å². The van der Waals surface area contributed by atoms with Gasteiger partial charge in [-0.3, -0.25) is 14.5 Å². The second-order valence-corrected chi connectivity index (χ2v) is 4.57. The smallest absolute Gasteiger partial charge is 0.260 e. The minimum atomic E-state index is -0.244. The van der Waals surface area contributed by atoms with Crippen molar-refractivity contribution in [2.75, 3.05) is 6.54 Å². The van der Waals surface area contributed by atoms with Crippen molar-refractivity contribution in [2.45, 2.75) is 26.3 Å². The van der Waals surface area contributed by atoms with Crippen LogP contribution >= 0.6 is 0 Å². The quantitative estimate of drug-likeness (QED) is 0.735. The molecule has 1 aromatic rings. The maximum absolute atomic E-state index is 12.1. The van der Waals surface area contributed by atoms with Gasteiger partial charge in [0.2, 0.25) is 5.91 Å². The standard InChI is InChI=1S/C13H16N2O2/c1-8-3-4-10(5-9(8)2)13(17)15-7-11(14)6-12(15)16/h3-5,11H,6-7,14H2,1-2H3. The zero-order valence-electron chi connectivity index (χ0n) is 10.1. The number of carbonyl (C=O) groups is 2. The average Bonchev–Trinajstić information content (AvgIpc) is 2.61. The molecule has 1 fully saturated rings. The third-order valence-electron chi connectivity index (χ3n) is 3.15. The van der Waals surface area contributed by atoms with E-state index in [9.17, 15) is 9.59 Å². The summed E-state index contributed by atoms with van der Waals surface area (Å²) in [5, 5.41) is 0. The molecule has 17 heavy (non-hydrogen) atoms. The van der Waals surface area contributed by atoms with Crippen molar-refractivity contribution in [1.29, 1.82) is 0 Å². The van der Waals surface area contributed by atoms with Crippen LogP contribution in [0.2, 0.25) is 0 Å². The number of likely N-dealkylation sites (tertiary alicyclic amines) is 1. The van der Waals surface area contributed by atoms with Crippen molar-refractivity contribution in [3.05, 3.63) is 34.9 Å². The minimum Gasteiger partial charge on any atom is -0.326 e. The molecule has 0 radical (unpaired) electrons. The molecule has 1 unspecified atom stereocenters. The third-order valence-corrected chi connectivity index (χ3v) is 3.15. The molecule has 0 saturated carbocycles. The van der Waals surface area contributed by atoms with Crippen LogP contribution in [0, 0.1) is 13.8 Å². The first kappa shape index (κ1) is 11.8. The molecule has 2 N–H and O–H groups in total. The Bertz CT molecular complexity index is 482. The first-order valence-electron chi connectivity index (χ1n) is 5.66. The van der Waals surface area contributed by atoms with Gasteiger partial charge in [0.25, 0.3) is 5.91 Å². The van der Waals surface area contributed by atoms with Crippen LogP contribution in [0.5, 0.6) is 0 Å². The van der Waals surface area contributed by atoms with Crippen molar-refractivity contribution >= 4 is 11.8 Å². The molecule has 1 atom stereocenters.